The number of amides is 1. The van der Waals surface area contributed by atoms with E-state index in [1.807, 2.05) is 0 Å². The fourth-order valence-electron chi connectivity index (χ4n) is 3.81. The number of anilines is 2. The van der Waals surface area contributed by atoms with Crippen LogP contribution in [0.1, 0.15) is 10.4 Å². The summed E-state index contributed by atoms with van der Waals surface area (Å²) in [5.41, 5.74) is 0.353. The lowest BCUT2D eigenvalue weighted by Gasteiger charge is -2.35. The molecular weight excluding hydrogens is 464 g/mol. The molecule has 1 aliphatic rings. The van der Waals surface area contributed by atoms with Crippen LogP contribution in [-0.2, 0) is 10.0 Å². The van der Waals surface area contributed by atoms with Crippen molar-refractivity contribution in [3.8, 4) is 5.75 Å². The largest absolute Gasteiger partial charge is 0.495 e. The summed E-state index contributed by atoms with van der Waals surface area (Å²) in [5, 5.41) is 2.53. The van der Waals surface area contributed by atoms with Crippen LogP contribution >= 0.6 is 0 Å². The van der Waals surface area contributed by atoms with Gasteiger partial charge in [0, 0.05) is 26.2 Å². The lowest BCUT2D eigenvalue weighted by atomic mass is 10.2. The number of nitrogens with one attached hydrogen (secondary N) is 1. The van der Waals surface area contributed by atoms with Gasteiger partial charge in [0.2, 0.25) is 10.0 Å². The van der Waals surface area contributed by atoms with Crippen molar-refractivity contribution in [2.75, 3.05) is 43.5 Å². The summed E-state index contributed by atoms with van der Waals surface area (Å²) < 4.78 is 61.2. The molecule has 0 bridgehead atoms. The first-order valence-corrected chi connectivity index (χ1v) is 12.0. The van der Waals surface area contributed by atoms with Gasteiger partial charge in [-0.3, -0.25) is 4.79 Å². The van der Waals surface area contributed by atoms with E-state index in [2.05, 4.69) is 5.32 Å². The van der Waals surface area contributed by atoms with Crippen LogP contribution in [0.25, 0.3) is 0 Å². The smallest absolute Gasteiger partial charge is 0.258 e. The van der Waals surface area contributed by atoms with E-state index in [0.29, 0.717) is 18.8 Å². The zero-order valence-corrected chi connectivity index (χ0v) is 19.2. The fraction of sp³-hybridized carbons (Fsp3) is 0.208. The number of para-hydroxylation sites is 1. The molecule has 1 fully saturated rings. The number of nitrogens with zero attached hydrogens (tertiary/aromatic N) is 2. The van der Waals surface area contributed by atoms with Crippen LogP contribution in [-0.4, -0.2) is 51.9 Å². The second-order valence-electron chi connectivity index (χ2n) is 7.64. The number of carbonyl (C=O) groups is 1. The van der Waals surface area contributed by atoms with Crippen LogP contribution in [0, 0.1) is 11.6 Å². The molecule has 34 heavy (non-hydrogen) atoms. The Hall–Kier alpha value is -3.50. The SMILES string of the molecule is COc1ccc(S(=O)(=O)N2CCN(c3ccccc3F)CC2)cc1NC(=O)c1ccccc1F. The molecule has 1 saturated heterocycles. The van der Waals surface area contributed by atoms with E-state index in [1.165, 1.54) is 53.9 Å². The van der Waals surface area contributed by atoms with Crippen molar-refractivity contribution in [3.63, 3.8) is 0 Å². The number of benzene rings is 3. The Balaban J connectivity index is 1.54. The van der Waals surface area contributed by atoms with E-state index in [-0.39, 0.29) is 40.8 Å². The molecule has 4 rings (SSSR count). The maximum atomic E-state index is 14.1. The van der Waals surface area contributed by atoms with E-state index >= 15 is 0 Å². The standard InChI is InChI=1S/C24H23F2N3O4S/c1-33-23-11-10-17(16-21(23)27-24(30)18-6-2-3-7-19(18)25)34(31,32)29-14-12-28(13-15-29)22-9-5-4-8-20(22)26/h2-11,16H,12-15H2,1H3,(H,27,30). The van der Waals surface area contributed by atoms with Crippen LogP contribution in [0.5, 0.6) is 5.75 Å². The molecule has 0 atom stereocenters. The highest BCUT2D eigenvalue weighted by Gasteiger charge is 2.30. The maximum Gasteiger partial charge on any atom is 0.258 e. The Kier molecular flexibility index (Phi) is 6.80. The minimum atomic E-state index is -3.90. The highest BCUT2D eigenvalue weighted by molar-refractivity contribution is 7.89. The first kappa shape index (κ1) is 23.7. The number of ether oxygens (including phenoxy) is 1. The van der Waals surface area contributed by atoms with E-state index in [1.54, 1.807) is 23.1 Å². The molecule has 0 radical (unpaired) electrons. The Morgan fingerprint density at radius 1 is 0.912 bits per heavy atom. The number of piperazine rings is 1. The second kappa shape index (κ2) is 9.78. The predicted octanol–water partition coefficient (Wildman–Crippen LogP) is 3.74. The molecule has 1 heterocycles. The third kappa shape index (κ3) is 4.73. The molecule has 10 heteroatoms. The van der Waals surface area contributed by atoms with Crippen LogP contribution in [0.3, 0.4) is 0 Å². The highest BCUT2D eigenvalue weighted by atomic mass is 32.2. The molecule has 7 nitrogen and oxygen atoms in total. The number of rotatable bonds is 6. The lowest BCUT2D eigenvalue weighted by molar-refractivity contribution is 0.102. The maximum absolute atomic E-state index is 14.1. The quantitative estimate of drug-likeness (QED) is 0.573. The minimum Gasteiger partial charge on any atom is -0.495 e. The highest BCUT2D eigenvalue weighted by Crippen LogP contribution is 2.30. The number of carbonyl (C=O) groups excluding carboxylic acids is 1. The summed E-state index contributed by atoms with van der Waals surface area (Å²) in [6.45, 7) is 0.986. The molecule has 0 unspecified atom stereocenters. The van der Waals surface area contributed by atoms with Crippen LogP contribution < -0.4 is 15.0 Å². The van der Waals surface area contributed by atoms with Gasteiger partial charge in [-0.1, -0.05) is 24.3 Å². The Morgan fingerprint density at radius 3 is 2.21 bits per heavy atom. The Bertz CT molecular complexity index is 1310. The Labute approximate surface area is 196 Å². The van der Waals surface area contributed by atoms with Crippen molar-refractivity contribution < 1.29 is 26.7 Å². The van der Waals surface area contributed by atoms with Gasteiger partial charge in [-0.15, -0.1) is 0 Å². The number of halogens is 2. The first-order chi connectivity index (χ1) is 16.3. The molecule has 0 saturated carbocycles. The van der Waals surface area contributed by atoms with Crippen molar-refractivity contribution in [1.29, 1.82) is 0 Å². The van der Waals surface area contributed by atoms with Crippen molar-refractivity contribution in [2.24, 2.45) is 0 Å². The average molecular weight is 488 g/mol. The molecule has 1 aliphatic heterocycles. The van der Waals surface area contributed by atoms with E-state index in [9.17, 15) is 22.0 Å². The lowest BCUT2D eigenvalue weighted by Crippen LogP contribution is -2.48. The molecule has 0 spiro atoms. The fourth-order valence-corrected chi connectivity index (χ4v) is 5.26. The van der Waals surface area contributed by atoms with Gasteiger partial charge in [-0.25, -0.2) is 17.2 Å². The summed E-state index contributed by atoms with van der Waals surface area (Å²) in [4.78, 5) is 14.3. The minimum absolute atomic E-state index is 0.0449. The molecule has 3 aromatic carbocycles. The van der Waals surface area contributed by atoms with Crippen LogP contribution in [0.15, 0.2) is 71.6 Å². The van der Waals surface area contributed by atoms with Gasteiger partial charge in [-0.05, 0) is 42.5 Å². The molecule has 1 N–H and O–H groups in total. The van der Waals surface area contributed by atoms with Crippen molar-refractivity contribution in [3.05, 3.63) is 83.9 Å². The predicted molar refractivity (Wildman–Crippen MR) is 125 cm³/mol. The van der Waals surface area contributed by atoms with Gasteiger partial charge in [0.1, 0.15) is 17.4 Å². The molecule has 178 valence electrons. The Morgan fingerprint density at radius 2 is 1.56 bits per heavy atom. The zero-order valence-electron chi connectivity index (χ0n) is 18.4. The van der Waals surface area contributed by atoms with Crippen molar-refractivity contribution in [2.45, 2.75) is 4.90 Å². The number of methoxy groups -OCH3 is 1. The topological polar surface area (TPSA) is 79.0 Å². The number of hydrogen-bond acceptors (Lipinski definition) is 5. The van der Waals surface area contributed by atoms with E-state index in [4.69, 9.17) is 4.74 Å². The van der Waals surface area contributed by atoms with Crippen LogP contribution in [0.4, 0.5) is 20.2 Å². The summed E-state index contributed by atoms with van der Waals surface area (Å²) in [5.74, 6) is -1.56. The monoisotopic (exact) mass is 487 g/mol. The third-order valence-corrected chi connectivity index (χ3v) is 7.50. The molecule has 1 amide bonds. The summed E-state index contributed by atoms with van der Waals surface area (Å²) in [6, 6.07) is 15.9. The molecule has 3 aromatic rings. The number of sulfonamides is 1. The van der Waals surface area contributed by atoms with Crippen LogP contribution in [0.2, 0.25) is 0 Å². The van der Waals surface area contributed by atoms with Gasteiger partial charge < -0.3 is 15.0 Å². The van der Waals surface area contributed by atoms with Gasteiger partial charge >= 0.3 is 0 Å². The van der Waals surface area contributed by atoms with Gasteiger partial charge in [-0.2, -0.15) is 4.31 Å². The van der Waals surface area contributed by atoms with Gasteiger partial charge in [0.25, 0.3) is 5.91 Å². The normalized spacial score (nSPS) is 14.6. The second-order valence-corrected chi connectivity index (χ2v) is 9.58. The third-order valence-electron chi connectivity index (χ3n) is 5.61. The van der Waals surface area contributed by atoms with Crippen molar-refractivity contribution in [1.82, 2.24) is 4.31 Å². The van der Waals surface area contributed by atoms with E-state index in [0.717, 1.165) is 6.07 Å². The van der Waals surface area contributed by atoms with Crippen molar-refractivity contribution >= 4 is 27.3 Å². The number of hydrogen-bond donors (Lipinski definition) is 1. The molecule has 0 aromatic heterocycles. The molecular formula is C24H23F2N3O4S. The van der Waals surface area contributed by atoms with Gasteiger partial charge in [0.15, 0.2) is 0 Å². The summed E-state index contributed by atoms with van der Waals surface area (Å²) >= 11 is 0. The molecule has 0 aliphatic carbocycles. The zero-order chi connectivity index (χ0) is 24.3. The van der Waals surface area contributed by atoms with Gasteiger partial charge in [0.05, 0.1) is 28.9 Å². The average Bonchev–Trinajstić information content (AvgIpc) is 2.84. The first-order valence-electron chi connectivity index (χ1n) is 10.5. The summed E-state index contributed by atoms with van der Waals surface area (Å²) in [6.07, 6.45) is 0. The van der Waals surface area contributed by atoms with E-state index < -0.39 is 21.7 Å². The summed E-state index contributed by atoms with van der Waals surface area (Å²) in [7, 11) is -2.52.